The largest absolute Gasteiger partial charge is 0.477 e. The second-order valence-corrected chi connectivity index (χ2v) is 5.18. The highest BCUT2D eigenvalue weighted by Gasteiger charge is 2.23. The van der Waals surface area contributed by atoms with Crippen LogP contribution in [0.2, 0.25) is 0 Å². The smallest absolute Gasteiger partial charge is 0.341 e. The van der Waals surface area contributed by atoms with Gasteiger partial charge in [-0.3, -0.25) is 4.31 Å². The molecule has 1 rings (SSSR count). The van der Waals surface area contributed by atoms with E-state index in [1.165, 1.54) is 7.05 Å². The molecular formula is C11H13F2NO3S. The molecule has 0 radical (unpaired) electrons. The van der Waals surface area contributed by atoms with E-state index in [2.05, 4.69) is 0 Å². The minimum absolute atomic E-state index is 0.194. The van der Waals surface area contributed by atoms with Crippen LogP contribution in [0.15, 0.2) is 12.1 Å². The first kappa shape index (κ1) is 14.6. The van der Waals surface area contributed by atoms with E-state index in [1.807, 2.05) is 6.92 Å². The summed E-state index contributed by atoms with van der Waals surface area (Å²) in [5.41, 5.74) is -1.23. The van der Waals surface area contributed by atoms with Crippen LogP contribution in [0, 0.1) is 11.6 Å². The van der Waals surface area contributed by atoms with Crippen molar-refractivity contribution in [3.8, 4) is 0 Å². The molecule has 0 saturated carbocycles. The van der Waals surface area contributed by atoms with Crippen molar-refractivity contribution in [2.75, 3.05) is 17.1 Å². The Labute approximate surface area is 106 Å². The predicted molar refractivity (Wildman–Crippen MR) is 65.0 cm³/mol. The van der Waals surface area contributed by atoms with Crippen molar-refractivity contribution >= 4 is 22.6 Å². The molecule has 0 saturated heterocycles. The topological polar surface area (TPSA) is 57.6 Å². The molecule has 0 amide bonds. The Morgan fingerprint density at radius 3 is 2.56 bits per heavy atom. The molecule has 0 fully saturated rings. The number of carboxylic acids is 1. The van der Waals surface area contributed by atoms with Gasteiger partial charge in [0.15, 0.2) is 5.82 Å². The first-order valence-corrected chi connectivity index (χ1v) is 6.51. The summed E-state index contributed by atoms with van der Waals surface area (Å²) in [6.07, 6.45) is 0.631. The van der Waals surface area contributed by atoms with Crippen LogP contribution in [-0.4, -0.2) is 28.1 Å². The molecule has 0 aliphatic rings. The van der Waals surface area contributed by atoms with E-state index in [4.69, 9.17) is 5.11 Å². The van der Waals surface area contributed by atoms with Gasteiger partial charge in [-0.15, -0.1) is 0 Å². The third-order valence-corrected chi connectivity index (χ3v) is 3.87. The number of nitrogens with zero attached hydrogens (tertiary/aromatic N) is 1. The number of anilines is 1. The zero-order valence-electron chi connectivity index (χ0n) is 9.94. The minimum atomic E-state index is -1.69. The Morgan fingerprint density at radius 1 is 1.44 bits per heavy atom. The van der Waals surface area contributed by atoms with E-state index in [-0.39, 0.29) is 5.69 Å². The van der Waals surface area contributed by atoms with Crippen molar-refractivity contribution in [2.45, 2.75) is 13.3 Å². The molecule has 0 aliphatic carbocycles. The van der Waals surface area contributed by atoms with E-state index in [0.29, 0.717) is 12.2 Å². The van der Waals surface area contributed by atoms with Gasteiger partial charge >= 0.3 is 5.97 Å². The van der Waals surface area contributed by atoms with E-state index in [9.17, 15) is 17.8 Å². The zero-order chi connectivity index (χ0) is 13.9. The molecule has 1 aromatic rings. The maximum atomic E-state index is 13.8. The van der Waals surface area contributed by atoms with Gasteiger partial charge in [0.25, 0.3) is 0 Å². The number of benzene rings is 1. The maximum absolute atomic E-state index is 13.8. The highest BCUT2D eigenvalue weighted by atomic mass is 32.2. The molecule has 18 heavy (non-hydrogen) atoms. The summed E-state index contributed by atoms with van der Waals surface area (Å²) in [7, 11) is -0.107. The number of aromatic carboxylic acids is 1. The lowest BCUT2D eigenvalue weighted by atomic mass is 10.1. The summed E-state index contributed by atoms with van der Waals surface area (Å²) in [5, 5.41) is 8.72. The van der Waals surface area contributed by atoms with Gasteiger partial charge in [-0.1, -0.05) is 6.92 Å². The van der Waals surface area contributed by atoms with Gasteiger partial charge in [-0.2, -0.15) is 0 Å². The fourth-order valence-corrected chi connectivity index (χ4v) is 2.39. The first-order valence-electron chi connectivity index (χ1n) is 5.23. The van der Waals surface area contributed by atoms with E-state index in [1.54, 1.807) is 0 Å². The molecule has 0 spiro atoms. The second-order valence-electron chi connectivity index (χ2n) is 3.58. The van der Waals surface area contributed by atoms with Crippen LogP contribution in [0.1, 0.15) is 23.7 Å². The van der Waals surface area contributed by atoms with Crippen LogP contribution in [0.4, 0.5) is 14.5 Å². The fraction of sp³-hybridized carbons (Fsp3) is 0.364. The molecule has 4 nitrogen and oxygen atoms in total. The predicted octanol–water partition coefficient (Wildman–Crippen LogP) is 2.17. The van der Waals surface area contributed by atoms with Gasteiger partial charge in [-0.25, -0.2) is 17.8 Å². The highest BCUT2D eigenvalue weighted by molar-refractivity contribution is 7.86. The summed E-state index contributed by atoms with van der Waals surface area (Å²) in [6.45, 7) is 1.81. The number of carbonyl (C=O) groups is 1. The highest BCUT2D eigenvalue weighted by Crippen LogP contribution is 2.25. The van der Waals surface area contributed by atoms with Gasteiger partial charge in [0, 0.05) is 12.8 Å². The van der Waals surface area contributed by atoms with Crippen LogP contribution in [0.25, 0.3) is 0 Å². The van der Waals surface area contributed by atoms with Gasteiger partial charge < -0.3 is 5.11 Å². The Morgan fingerprint density at radius 2 is 2.06 bits per heavy atom. The summed E-state index contributed by atoms with van der Waals surface area (Å²) in [6, 6.07) is 1.92. The third-order valence-electron chi connectivity index (χ3n) is 2.31. The normalized spacial score (nSPS) is 12.2. The number of hydrogen-bond donors (Lipinski definition) is 1. The maximum Gasteiger partial charge on any atom is 0.341 e. The molecule has 100 valence electrons. The van der Waals surface area contributed by atoms with Crippen molar-refractivity contribution in [3.63, 3.8) is 0 Å². The summed E-state index contributed by atoms with van der Waals surface area (Å²) in [5.74, 6) is -3.75. The van der Waals surface area contributed by atoms with Gasteiger partial charge in [0.1, 0.15) is 22.4 Å². The van der Waals surface area contributed by atoms with Crippen LogP contribution in [0.3, 0.4) is 0 Å². The summed E-state index contributed by atoms with van der Waals surface area (Å²) < 4.78 is 39.8. The van der Waals surface area contributed by atoms with Crippen LogP contribution >= 0.6 is 0 Å². The molecule has 0 heterocycles. The first-order chi connectivity index (χ1) is 8.40. The van der Waals surface area contributed by atoms with Crippen LogP contribution in [-0.2, 0) is 11.0 Å². The number of rotatable bonds is 5. The Balaban J connectivity index is 3.23. The molecular weight excluding hydrogens is 264 g/mol. The minimum Gasteiger partial charge on any atom is -0.477 e. The molecule has 0 aliphatic heterocycles. The Hall–Kier alpha value is -1.50. The Kier molecular flexibility index (Phi) is 4.77. The second kappa shape index (κ2) is 5.90. The van der Waals surface area contributed by atoms with E-state index in [0.717, 1.165) is 16.4 Å². The lowest BCUT2D eigenvalue weighted by Crippen LogP contribution is -2.24. The average Bonchev–Trinajstić information content (AvgIpc) is 2.28. The lowest BCUT2D eigenvalue weighted by molar-refractivity contribution is 0.0686. The average molecular weight is 277 g/mol. The van der Waals surface area contributed by atoms with Crippen LogP contribution in [0.5, 0.6) is 0 Å². The summed E-state index contributed by atoms with van der Waals surface area (Å²) in [4.78, 5) is 10.7. The summed E-state index contributed by atoms with van der Waals surface area (Å²) >= 11 is 0. The monoisotopic (exact) mass is 277 g/mol. The molecule has 1 unspecified atom stereocenters. The van der Waals surface area contributed by atoms with E-state index < -0.39 is 34.2 Å². The van der Waals surface area contributed by atoms with Crippen molar-refractivity contribution in [1.82, 2.24) is 0 Å². The molecule has 1 aromatic carbocycles. The van der Waals surface area contributed by atoms with Crippen molar-refractivity contribution < 1.29 is 22.9 Å². The molecule has 7 heteroatoms. The van der Waals surface area contributed by atoms with Crippen LogP contribution < -0.4 is 4.31 Å². The molecule has 0 bridgehead atoms. The SMILES string of the molecule is CCCS(=O)N(C)c1ccc(F)c(C(=O)O)c1F. The van der Waals surface area contributed by atoms with Crippen molar-refractivity contribution in [1.29, 1.82) is 0 Å². The molecule has 1 atom stereocenters. The van der Waals surface area contributed by atoms with E-state index >= 15 is 0 Å². The Bertz CT molecular complexity index is 493. The molecule has 0 aromatic heterocycles. The van der Waals surface area contributed by atoms with Gasteiger partial charge in [0.2, 0.25) is 0 Å². The standard InChI is InChI=1S/C11H13F2NO3S/c1-3-6-18(17)14(2)8-5-4-7(12)9(10(8)13)11(15)16/h4-5H,3,6H2,1-2H3,(H,15,16). The van der Waals surface area contributed by atoms with Crippen molar-refractivity contribution in [2.24, 2.45) is 0 Å². The number of carboxylic acid groups (broad SMARTS) is 1. The quantitative estimate of drug-likeness (QED) is 0.897. The fourth-order valence-electron chi connectivity index (χ4n) is 1.40. The third kappa shape index (κ3) is 2.84. The van der Waals surface area contributed by atoms with Crippen molar-refractivity contribution in [3.05, 3.63) is 29.3 Å². The lowest BCUT2D eigenvalue weighted by Gasteiger charge is -2.19. The zero-order valence-corrected chi connectivity index (χ0v) is 10.8. The van der Waals surface area contributed by atoms with Gasteiger partial charge in [-0.05, 0) is 18.6 Å². The molecule has 1 N–H and O–H groups in total. The number of halogens is 2. The number of hydrogen-bond acceptors (Lipinski definition) is 2. The van der Waals surface area contributed by atoms with Gasteiger partial charge in [0.05, 0.1) is 5.69 Å².